The van der Waals surface area contributed by atoms with E-state index in [1.54, 1.807) is 13.0 Å². The normalized spacial score (nSPS) is 20.0. The fourth-order valence-corrected chi connectivity index (χ4v) is 4.01. The first kappa shape index (κ1) is 24.6. The number of carbonyl (C=O) groups is 1. The Bertz CT molecular complexity index is 1430. The van der Waals surface area contributed by atoms with E-state index in [0.717, 1.165) is 6.92 Å². The minimum Gasteiger partial charge on any atom is -0.388 e. The van der Waals surface area contributed by atoms with Gasteiger partial charge in [-0.05, 0) is 13.8 Å². The van der Waals surface area contributed by atoms with E-state index in [1.807, 2.05) is 0 Å². The second-order valence-electron chi connectivity index (χ2n) is 8.82. The van der Waals surface area contributed by atoms with Crippen molar-refractivity contribution in [2.75, 3.05) is 12.4 Å². The number of hydrogen-bond acceptors (Lipinski definition) is 11. The van der Waals surface area contributed by atoms with Crippen LogP contribution in [0.5, 0.6) is 0 Å². The predicted octanol–water partition coefficient (Wildman–Crippen LogP) is 0.908. The van der Waals surface area contributed by atoms with Crippen molar-refractivity contribution in [2.45, 2.75) is 57.6 Å². The van der Waals surface area contributed by atoms with Crippen LogP contribution in [0.25, 0.3) is 17.1 Å². The lowest BCUT2D eigenvalue weighted by atomic mass is 10.2. The van der Waals surface area contributed by atoms with Crippen LogP contribution in [0.15, 0.2) is 23.1 Å². The molecule has 0 saturated carbocycles. The summed E-state index contributed by atoms with van der Waals surface area (Å²) in [5.41, 5.74) is 1.34. The van der Waals surface area contributed by atoms with Crippen LogP contribution in [-0.4, -0.2) is 75.9 Å². The highest BCUT2D eigenvalue weighted by Crippen LogP contribution is 2.32. The van der Waals surface area contributed by atoms with Crippen molar-refractivity contribution in [3.8, 4) is 5.95 Å². The molecule has 1 aliphatic heterocycles. The summed E-state index contributed by atoms with van der Waals surface area (Å²) in [7, 11) is 1.48. The largest absolute Gasteiger partial charge is 0.388 e. The first-order valence-electron chi connectivity index (χ1n) is 11.4. The van der Waals surface area contributed by atoms with Crippen LogP contribution in [0, 0.1) is 6.92 Å². The molecule has 0 aromatic carbocycles. The average molecular weight is 518 g/mol. The summed E-state index contributed by atoms with van der Waals surface area (Å²) >= 11 is 0. The molecule has 1 amide bonds. The number of aryl methyl sites for hydroxylation is 1. The summed E-state index contributed by atoms with van der Waals surface area (Å²) in [6.45, 7) is 2.79. The molecule has 0 aliphatic carbocycles. The zero-order valence-corrected chi connectivity index (χ0v) is 20.1. The second kappa shape index (κ2) is 9.44. The van der Waals surface area contributed by atoms with Gasteiger partial charge in [0.15, 0.2) is 29.0 Å². The van der Waals surface area contributed by atoms with E-state index in [2.05, 4.69) is 41.1 Å². The quantitative estimate of drug-likeness (QED) is 0.303. The number of ether oxygens (including phenoxy) is 1. The van der Waals surface area contributed by atoms with Gasteiger partial charge in [-0.15, -0.1) is 5.10 Å². The van der Waals surface area contributed by atoms with Gasteiger partial charge in [-0.3, -0.25) is 9.36 Å². The van der Waals surface area contributed by atoms with E-state index in [-0.39, 0.29) is 42.0 Å². The molecule has 4 aromatic rings. The number of imidazole rings is 1. The minimum absolute atomic E-state index is 0.0130. The van der Waals surface area contributed by atoms with Gasteiger partial charge in [0, 0.05) is 19.5 Å². The van der Waals surface area contributed by atoms with Gasteiger partial charge in [0.25, 0.3) is 11.9 Å². The number of alkyl halides is 2. The highest BCUT2D eigenvalue weighted by Gasteiger charge is 2.39. The molecule has 0 unspecified atom stereocenters. The van der Waals surface area contributed by atoms with Crippen molar-refractivity contribution in [1.82, 2.24) is 45.0 Å². The maximum absolute atomic E-state index is 13.5. The molecule has 5 heterocycles. The zero-order chi connectivity index (χ0) is 26.3. The molecule has 3 atom stereocenters. The van der Waals surface area contributed by atoms with Crippen molar-refractivity contribution in [1.29, 1.82) is 0 Å². The monoisotopic (exact) mass is 518 g/mol. The number of aromatic nitrogens is 8. The van der Waals surface area contributed by atoms with Crippen molar-refractivity contribution in [2.24, 2.45) is 0 Å². The minimum atomic E-state index is -2.97. The summed E-state index contributed by atoms with van der Waals surface area (Å²) in [6.07, 6.45) is -0.629. The van der Waals surface area contributed by atoms with Crippen LogP contribution >= 0.6 is 0 Å². The topological polar surface area (TPSA) is 171 Å². The third-order valence-corrected chi connectivity index (χ3v) is 5.66. The van der Waals surface area contributed by atoms with Gasteiger partial charge in [0.1, 0.15) is 12.2 Å². The third kappa shape index (κ3) is 5.10. The Kier molecular flexibility index (Phi) is 6.28. The van der Waals surface area contributed by atoms with Crippen LogP contribution in [0.1, 0.15) is 36.7 Å². The number of nitrogens with one attached hydrogen (secondary N) is 2. The van der Waals surface area contributed by atoms with Crippen LogP contribution in [0.2, 0.25) is 0 Å². The average Bonchev–Trinajstić information content (AvgIpc) is 3.63. The van der Waals surface area contributed by atoms with Crippen molar-refractivity contribution in [3.63, 3.8) is 0 Å². The molecule has 16 heteroatoms. The number of aliphatic hydroxyl groups is 1. The molecule has 14 nitrogen and oxygen atoms in total. The van der Waals surface area contributed by atoms with Crippen LogP contribution in [0.4, 0.5) is 14.6 Å². The number of halogens is 2. The highest BCUT2D eigenvalue weighted by molar-refractivity contribution is 5.84. The van der Waals surface area contributed by atoms with Gasteiger partial charge in [-0.25, -0.2) is 13.8 Å². The van der Waals surface area contributed by atoms with Gasteiger partial charge in [-0.1, -0.05) is 10.4 Å². The Morgan fingerprint density at radius 1 is 1.35 bits per heavy atom. The first-order chi connectivity index (χ1) is 17.6. The lowest BCUT2D eigenvalue weighted by Crippen LogP contribution is -2.31. The number of likely N-dealkylation sites (N-methyl/N-ethyl adjacent to an activating group) is 1. The fraction of sp³-hybridized carbons (Fsp3) is 0.476. The van der Waals surface area contributed by atoms with Gasteiger partial charge >= 0.3 is 0 Å². The van der Waals surface area contributed by atoms with E-state index in [9.17, 15) is 18.7 Å². The molecule has 4 aromatic heterocycles. The Hall–Kier alpha value is -4.05. The summed E-state index contributed by atoms with van der Waals surface area (Å²) in [5.74, 6) is -2.50. The maximum Gasteiger partial charge on any atom is 0.256 e. The maximum atomic E-state index is 13.5. The summed E-state index contributed by atoms with van der Waals surface area (Å²) in [5, 5.41) is 27.8. The molecule has 1 fully saturated rings. The number of hydrogen-bond donors (Lipinski definition) is 3. The van der Waals surface area contributed by atoms with E-state index < -0.39 is 30.8 Å². The highest BCUT2D eigenvalue weighted by atomic mass is 19.3. The number of fused-ring (bicyclic) bond motifs is 1. The number of nitrogens with zero attached hydrogens (tertiary/aromatic N) is 8. The summed E-state index contributed by atoms with van der Waals surface area (Å²) in [6, 6.07) is 1.75. The Balaban J connectivity index is 1.54. The molecule has 1 saturated heterocycles. The molecule has 0 spiro atoms. The molecule has 1 aliphatic rings. The van der Waals surface area contributed by atoms with Crippen LogP contribution in [0.3, 0.4) is 0 Å². The van der Waals surface area contributed by atoms with Crippen molar-refractivity contribution < 1.29 is 27.9 Å². The standard InChI is InChI=1S/C21H24F2N10O4/c1-10-4-12(37-30-10)7-25-16-15-17(28-20(27-16)33-8-11(29-31-33)6-21(2,22)23)32(9-26-15)19-13(34)5-14(36-19)18(35)24-3/h4,8-9,13-14,19,34H,5-7H2,1-3H3,(H,24,35)(H,25,27,28)/t13-,14+,19-/m1/s1. The van der Waals surface area contributed by atoms with Crippen LogP contribution in [-0.2, 0) is 22.5 Å². The molecule has 196 valence electrons. The Morgan fingerprint density at radius 3 is 2.86 bits per heavy atom. The smallest absolute Gasteiger partial charge is 0.256 e. The van der Waals surface area contributed by atoms with E-state index >= 15 is 0 Å². The number of amides is 1. The summed E-state index contributed by atoms with van der Waals surface area (Å²) < 4.78 is 40.6. The molecule has 0 radical (unpaired) electrons. The Morgan fingerprint density at radius 2 is 2.16 bits per heavy atom. The van der Waals surface area contributed by atoms with E-state index in [0.29, 0.717) is 17.0 Å². The van der Waals surface area contributed by atoms with Crippen molar-refractivity contribution in [3.05, 3.63) is 35.7 Å². The zero-order valence-electron chi connectivity index (χ0n) is 20.1. The van der Waals surface area contributed by atoms with Gasteiger partial charge in [-0.2, -0.15) is 14.6 Å². The molecule has 37 heavy (non-hydrogen) atoms. The molecule has 3 N–H and O–H groups in total. The second-order valence-corrected chi connectivity index (χ2v) is 8.82. The van der Waals surface area contributed by atoms with E-state index in [4.69, 9.17) is 9.26 Å². The van der Waals surface area contributed by atoms with E-state index in [1.165, 1.54) is 28.8 Å². The SMILES string of the molecule is CNC(=O)[C@@H]1C[C@@H](O)[C@H](n2cnc3c(NCc4cc(C)no4)nc(-n4cc(CC(C)(F)F)nn4)nc32)O1. The predicted molar refractivity (Wildman–Crippen MR) is 122 cm³/mol. The van der Waals surface area contributed by atoms with Gasteiger partial charge < -0.3 is 25.0 Å². The lowest BCUT2D eigenvalue weighted by Gasteiger charge is -2.17. The molecular formula is C21H24F2N10O4. The number of carbonyl (C=O) groups excluding carboxylic acids is 1. The number of anilines is 1. The van der Waals surface area contributed by atoms with Gasteiger partial charge in [0.05, 0.1) is 36.9 Å². The number of rotatable bonds is 8. The lowest BCUT2D eigenvalue weighted by molar-refractivity contribution is -0.134. The van der Waals surface area contributed by atoms with Crippen LogP contribution < -0.4 is 10.6 Å². The van der Waals surface area contributed by atoms with Gasteiger partial charge in [0.2, 0.25) is 5.91 Å². The molecular weight excluding hydrogens is 494 g/mol. The summed E-state index contributed by atoms with van der Waals surface area (Å²) in [4.78, 5) is 25.4. The number of aliphatic hydroxyl groups excluding tert-OH is 1. The fourth-order valence-electron chi connectivity index (χ4n) is 4.01. The first-order valence-corrected chi connectivity index (χ1v) is 11.4. The Labute approximate surface area is 208 Å². The molecule has 5 rings (SSSR count). The molecule has 0 bridgehead atoms. The van der Waals surface area contributed by atoms with Crippen molar-refractivity contribution >= 4 is 22.9 Å². The third-order valence-electron chi connectivity index (χ3n) is 5.66.